The van der Waals surface area contributed by atoms with Gasteiger partial charge in [-0.2, -0.15) is 5.10 Å². The maximum atomic E-state index is 5.78. The fraction of sp³-hybridized carbons (Fsp3) is 0.429. The van der Waals surface area contributed by atoms with Crippen LogP contribution in [0.25, 0.3) is 0 Å². The van der Waals surface area contributed by atoms with Crippen molar-refractivity contribution in [3.8, 4) is 11.6 Å². The number of aryl methyl sites for hydroxylation is 1. The van der Waals surface area contributed by atoms with Crippen LogP contribution in [0.15, 0.2) is 30.7 Å². The molecular formula is C14H20N4O2. The summed E-state index contributed by atoms with van der Waals surface area (Å²) in [6, 6.07) is 3.89. The van der Waals surface area contributed by atoms with E-state index in [1.54, 1.807) is 19.5 Å². The minimum absolute atomic E-state index is 0.605. The van der Waals surface area contributed by atoms with Crippen LogP contribution in [-0.4, -0.2) is 35.0 Å². The van der Waals surface area contributed by atoms with Gasteiger partial charge < -0.3 is 14.8 Å². The second-order valence-corrected chi connectivity index (χ2v) is 4.27. The highest BCUT2D eigenvalue weighted by Crippen LogP contribution is 2.22. The van der Waals surface area contributed by atoms with Crippen LogP contribution in [0.1, 0.15) is 12.5 Å². The highest BCUT2D eigenvalue weighted by atomic mass is 16.5. The summed E-state index contributed by atoms with van der Waals surface area (Å²) in [5, 5.41) is 7.46. The standard InChI is InChI=1S/C14H20N4O2/c1-3-18-11-13(10-17-18)20-14-12(5-4-6-16-14)9-15-7-8-19-2/h4-6,10-11,15H,3,7-9H2,1-2H3. The minimum Gasteiger partial charge on any atom is -0.435 e. The molecule has 1 N–H and O–H groups in total. The molecule has 0 radical (unpaired) electrons. The third kappa shape index (κ3) is 4.04. The van der Waals surface area contributed by atoms with Gasteiger partial charge in [0.1, 0.15) is 0 Å². The highest BCUT2D eigenvalue weighted by molar-refractivity contribution is 5.29. The molecule has 2 aromatic rings. The lowest BCUT2D eigenvalue weighted by atomic mass is 10.2. The summed E-state index contributed by atoms with van der Waals surface area (Å²) in [5.41, 5.74) is 1.01. The maximum absolute atomic E-state index is 5.78. The number of hydrogen-bond acceptors (Lipinski definition) is 5. The molecule has 0 spiro atoms. The molecule has 0 atom stereocenters. The first-order valence-corrected chi connectivity index (χ1v) is 6.67. The molecule has 0 bridgehead atoms. The predicted octanol–water partition coefficient (Wildman–Crippen LogP) is 1.83. The molecule has 0 aliphatic heterocycles. The molecule has 2 rings (SSSR count). The smallest absolute Gasteiger partial charge is 0.223 e. The number of hydrogen-bond donors (Lipinski definition) is 1. The number of pyridine rings is 1. The van der Waals surface area contributed by atoms with E-state index < -0.39 is 0 Å². The fourth-order valence-corrected chi connectivity index (χ4v) is 1.73. The van der Waals surface area contributed by atoms with E-state index in [1.165, 1.54) is 0 Å². The third-order valence-electron chi connectivity index (χ3n) is 2.80. The Morgan fingerprint density at radius 1 is 1.40 bits per heavy atom. The van der Waals surface area contributed by atoms with Crippen LogP contribution in [0, 0.1) is 0 Å². The number of rotatable bonds is 8. The zero-order valence-corrected chi connectivity index (χ0v) is 11.9. The van der Waals surface area contributed by atoms with E-state index in [9.17, 15) is 0 Å². The molecule has 6 nitrogen and oxygen atoms in total. The van der Waals surface area contributed by atoms with Gasteiger partial charge in [0.2, 0.25) is 5.88 Å². The second kappa shape index (κ2) is 7.62. The Labute approximate surface area is 118 Å². The number of ether oxygens (including phenoxy) is 2. The van der Waals surface area contributed by atoms with Crippen molar-refractivity contribution in [2.24, 2.45) is 0 Å². The van der Waals surface area contributed by atoms with Crippen LogP contribution in [0.3, 0.4) is 0 Å². The van der Waals surface area contributed by atoms with Crippen LogP contribution in [0.5, 0.6) is 11.6 Å². The lowest BCUT2D eigenvalue weighted by Gasteiger charge is -2.09. The van der Waals surface area contributed by atoms with Crippen LogP contribution < -0.4 is 10.1 Å². The predicted molar refractivity (Wildman–Crippen MR) is 75.8 cm³/mol. The molecule has 0 amide bonds. The monoisotopic (exact) mass is 276 g/mol. The fourth-order valence-electron chi connectivity index (χ4n) is 1.73. The van der Waals surface area contributed by atoms with Crippen LogP contribution >= 0.6 is 0 Å². The molecule has 20 heavy (non-hydrogen) atoms. The van der Waals surface area contributed by atoms with Gasteiger partial charge in [-0.15, -0.1) is 0 Å². The summed E-state index contributed by atoms with van der Waals surface area (Å²) < 4.78 is 12.6. The van der Waals surface area contributed by atoms with E-state index in [2.05, 4.69) is 15.4 Å². The molecule has 6 heteroatoms. The first-order valence-electron chi connectivity index (χ1n) is 6.67. The van der Waals surface area contributed by atoms with Crippen molar-refractivity contribution in [3.05, 3.63) is 36.3 Å². The molecule has 2 aromatic heterocycles. The van der Waals surface area contributed by atoms with Crippen molar-refractivity contribution < 1.29 is 9.47 Å². The number of nitrogens with zero attached hydrogens (tertiary/aromatic N) is 3. The quantitative estimate of drug-likeness (QED) is 0.745. The SMILES string of the molecule is CCn1cc(Oc2ncccc2CNCCOC)cn1. The number of aromatic nitrogens is 3. The normalized spacial score (nSPS) is 10.7. The Morgan fingerprint density at radius 3 is 3.05 bits per heavy atom. The molecule has 0 aliphatic rings. The summed E-state index contributed by atoms with van der Waals surface area (Å²) in [5.74, 6) is 1.30. The number of nitrogens with one attached hydrogen (secondary N) is 1. The van der Waals surface area contributed by atoms with Gasteiger partial charge in [0, 0.05) is 38.5 Å². The molecule has 0 saturated heterocycles. The first kappa shape index (κ1) is 14.5. The zero-order valence-electron chi connectivity index (χ0n) is 11.9. The summed E-state index contributed by atoms with van der Waals surface area (Å²) in [7, 11) is 1.69. The Bertz CT molecular complexity index is 527. The maximum Gasteiger partial charge on any atom is 0.223 e. The Balaban J connectivity index is 1.99. The molecule has 0 aromatic carbocycles. The lowest BCUT2D eigenvalue weighted by molar-refractivity contribution is 0.199. The van der Waals surface area contributed by atoms with Crippen molar-refractivity contribution in [1.29, 1.82) is 0 Å². The van der Waals surface area contributed by atoms with Crippen molar-refractivity contribution in [3.63, 3.8) is 0 Å². The number of methoxy groups -OCH3 is 1. The summed E-state index contributed by atoms with van der Waals surface area (Å²) in [4.78, 5) is 4.28. The largest absolute Gasteiger partial charge is 0.435 e. The van der Waals surface area contributed by atoms with E-state index in [0.29, 0.717) is 24.8 Å². The molecule has 0 unspecified atom stereocenters. The zero-order chi connectivity index (χ0) is 14.2. The van der Waals surface area contributed by atoms with Crippen LogP contribution in [0.2, 0.25) is 0 Å². The van der Waals surface area contributed by atoms with Gasteiger partial charge in [0.15, 0.2) is 5.75 Å². The van der Waals surface area contributed by atoms with Gasteiger partial charge in [0.25, 0.3) is 0 Å². The van der Waals surface area contributed by atoms with E-state index in [-0.39, 0.29) is 0 Å². The average molecular weight is 276 g/mol. The van der Waals surface area contributed by atoms with Gasteiger partial charge in [-0.1, -0.05) is 6.07 Å². The minimum atomic E-state index is 0.605. The van der Waals surface area contributed by atoms with Gasteiger partial charge in [0.05, 0.1) is 19.0 Å². The van der Waals surface area contributed by atoms with Crippen LogP contribution in [-0.2, 0) is 17.8 Å². The van der Waals surface area contributed by atoms with Crippen molar-refractivity contribution >= 4 is 0 Å². The van der Waals surface area contributed by atoms with Crippen molar-refractivity contribution in [1.82, 2.24) is 20.1 Å². The van der Waals surface area contributed by atoms with E-state index in [4.69, 9.17) is 9.47 Å². The van der Waals surface area contributed by atoms with E-state index in [0.717, 1.165) is 18.7 Å². The third-order valence-corrected chi connectivity index (χ3v) is 2.80. The lowest BCUT2D eigenvalue weighted by Crippen LogP contribution is -2.19. The Hall–Kier alpha value is -1.92. The van der Waals surface area contributed by atoms with Crippen molar-refractivity contribution in [2.45, 2.75) is 20.0 Å². The molecular weight excluding hydrogens is 256 g/mol. The first-order chi connectivity index (χ1) is 9.83. The van der Waals surface area contributed by atoms with E-state index in [1.807, 2.05) is 29.9 Å². The summed E-state index contributed by atoms with van der Waals surface area (Å²) in [6.45, 7) is 5.01. The second-order valence-electron chi connectivity index (χ2n) is 4.27. The molecule has 0 fully saturated rings. The molecule has 0 aliphatic carbocycles. The summed E-state index contributed by atoms with van der Waals surface area (Å²) >= 11 is 0. The Morgan fingerprint density at radius 2 is 2.30 bits per heavy atom. The van der Waals surface area contributed by atoms with Gasteiger partial charge in [-0.05, 0) is 13.0 Å². The summed E-state index contributed by atoms with van der Waals surface area (Å²) in [6.07, 6.45) is 5.27. The highest BCUT2D eigenvalue weighted by Gasteiger charge is 2.07. The topological polar surface area (TPSA) is 61.2 Å². The Kier molecular flexibility index (Phi) is 5.52. The average Bonchev–Trinajstić information content (AvgIpc) is 2.93. The van der Waals surface area contributed by atoms with Crippen LogP contribution in [0.4, 0.5) is 0 Å². The van der Waals surface area contributed by atoms with Gasteiger partial charge in [-0.3, -0.25) is 4.68 Å². The molecule has 2 heterocycles. The van der Waals surface area contributed by atoms with Gasteiger partial charge in [-0.25, -0.2) is 4.98 Å². The molecule has 108 valence electrons. The van der Waals surface area contributed by atoms with Crippen molar-refractivity contribution in [2.75, 3.05) is 20.3 Å². The van der Waals surface area contributed by atoms with Gasteiger partial charge >= 0.3 is 0 Å². The van der Waals surface area contributed by atoms with E-state index >= 15 is 0 Å². The molecule has 0 saturated carbocycles.